The van der Waals surface area contributed by atoms with Crippen molar-refractivity contribution >= 4 is 17.1 Å². The molecule has 0 aliphatic rings. The zero-order chi connectivity index (χ0) is 13.0. The van der Waals surface area contributed by atoms with Crippen molar-refractivity contribution < 1.29 is 0 Å². The molecule has 0 heterocycles. The van der Waals surface area contributed by atoms with Gasteiger partial charge in [0.15, 0.2) is 0 Å². The van der Waals surface area contributed by atoms with Gasteiger partial charge < -0.3 is 11.1 Å². The molecule has 0 saturated heterocycles. The number of nitrogen functional groups attached to an aromatic ring is 1. The van der Waals surface area contributed by atoms with E-state index in [0.717, 1.165) is 17.8 Å². The van der Waals surface area contributed by atoms with Gasteiger partial charge in [0.1, 0.15) is 6.07 Å². The monoisotopic (exact) mass is 237 g/mol. The van der Waals surface area contributed by atoms with Crippen molar-refractivity contribution in [1.82, 2.24) is 0 Å². The van der Waals surface area contributed by atoms with Gasteiger partial charge >= 0.3 is 0 Å². The fraction of sp³-hybridized carbons (Fsp3) is 0.133. The van der Waals surface area contributed by atoms with Gasteiger partial charge in [-0.15, -0.1) is 0 Å². The Balaban J connectivity index is 2.31. The van der Waals surface area contributed by atoms with E-state index < -0.39 is 0 Å². The number of benzene rings is 2. The highest BCUT2D eigenvalue weighted by atomic mass is 14.9. The molecule has 0 bridgehead atoms. The standard InChI is InChI=1S/C15H15N3/c1-2-11-4-3-5-14(8-11)18-15-7-6-13(17)9-12(15)10-16/h3-9,18H,2,17H2,1H3. The number of aryl methyl sites for hydroxylation is 1. The summed E-state index contributed by atoms with van der Waals surface area (Å²) in [7, 11) is 0. The van der Waals surface area contributed by atoms with Crippen LogP contribution in [0.2, 0.25) is 0 Å². The van der Waals surface area contributed by atoms with Crippen molar-refractivity contribution in [2.45, 2.75) is 13.3 Å². The molecule has 0 atom stereocenters. The molecule has 0 saturated carbocycles. The Morgan fingerprint density at radius 2 is 2.06 bits per heavy atom. The Labute approximate surface area is 107 Å². The largest absolute Gasteiger partial charge is 0.399 e. The molecule has 0 aliphatic heterocycles. The molecule has 3 nitrogen and oxygen atoms in total. The fourth-order valence-corrected chi connectivity index (χ4v) is 1.79. The Morgan fingerprint density at radius 3 is 2.78 bits per heavy atom. The van der Waals surface area contributed by atoms with Crippen LogP contribution in [0.5, 0.6) is 0 Å². The zero-order valence-electron chi connectivity index (χ0n) is 10.3. The van der Waals surface area contributed by atoms with Crippen molar-refractivity contribution in [2.75, 3.05) is 11.1 Å². The van der Waals surface area contributed by atoms with Crippen molar-refractivity contribution in [2.24, 2.45) is 0 Å². The maximum atomic E-state index is 9.08. The van der Waals surface area contributed by atoms with Crippen LogP contribution in [0.1, 0.15) is 18.1 Å². The van der Waals surface area contributed by atoms with Gasteiger partial charge in [-0.05, 0) is 42.3 Å². The van der Waals surface area contributed by atoms with E-state index in [-0.39, 0.29) is 0 Å². The van der Waals surface area contributed by atoms with Crippen molar-refractivity contribution in [3.63, 3.8) is 0 Å². The van der Waals surface area contributed by atoms with Crippen molar-refractivity contribution in [1.29, 1.82) is 5.26 Å². The second-order valence-electron chi connectivity index (χ2n) is 4.10. The van der Waals surface area contributed by atoms with E-state index in [9.17, 15) is 0 Å². The number of hydrogen-bond acceptors (Lipinski definition) is 3. The molecule has 3 N–H and O–H groups in total. The Kier molecular flexibility index (Phi) is 3.49. The number of rotatable bonds is 3. The summed E-state index contributed by atoms with van der Waals surface area (Å²) in [6, 6.07) is 15.6. The number of nitrogens with one attached hydrogen (secondary N) is 1. The summed E-state index contributed by atoms with van der Waals surface area (Å²) in [4.78, 5) is 0. The lowest BCUT2D eigenvalue weighted by atomic mass is 10.1. The first kappa shape index (κ1) is 12.0. The van der Waals surface area contributed by atoms with Crippen LogP contribution in [0.25, 0.3) is 0 Å². The molecule has 0 fully saturated rings. The lowest BCUT2D eigenvalue weighted by molar-refractivity contribution is 1.14. The molecule has 0 unspecified atom stereocenters. The van der Waals surface area contributed by atoms with Gasteiger partial charge in [-0.2, -0.15) is 5.26 Å². The van der Waals surface area contributed by atoms with E-state index in [0.29, 0.717) is 11.3 Å². The van der Waals surface area contributed by atoms with E-state index >= 15 is 0 Å². The molecule has 2 aromatic carbocycles. The van der Waals surface area contributed by atoms with Gasteiger partial charge in [0.2, 0.25) is 0 Å². The summed E-state index contributed by atoms with van der Waals surface area (Å²) in [6.45, 7) is 2.11. The summed E-state index contributed by atoms with van der Waals surface area (Å²) in [5, 5.41) is 12.3. The first-order valence-corrected chi connectivity index (χ1v) is 5.88. The second kappa shape index (κ2) is 5.24. The lowest BCUT2D eigenvalue weighted by Crippen LogP contribution is -1.96. The van der Waals surface area contributed by atoms with Crippen LogP contribution < -0.4 is 11.1 Å². The average Bonchev–Trinajstić information content (AvgIpc) is 2.41. The van der Waals surface area contributed by atoms with Crippen LogP contribution in [0.4, 0.5) is 17.1 Å². The number of nitrogens with zero attached hydrogens (tertiary/aromatic N) is 1. The minimum atomic E-state index is 0.553. The normalized spacial score (nSPS) is 9.78. The van der Waals surface area contributed by atoms with Crippen LogP contribution in [0, 0.1) is 11.3 Å². The Morgan fingerprint density at radius 1 is 1.22 bits per heavy atom. The van der Waals surface area contributed by atoms with E-state index in [1.807, 2.05) is 18.2 Å². The Bertz CT molecular complexity index is 597. The van der Waals surface area contributed by atoms with E-state index in [1.54, 1.807) is 12.1 Å². The quantitative estimate of drug-likeness (QED) is 0.804. The van der Waals surface area contributed by atoms with Gasteiger partial charge in [-0.3, -0.25) is 0 Å². The maximum absolute atomic E-state index is 9.08. The maximum Gasteiger partial charge on any atom is 0.101 e. The van der Waals surface area contributed by atoms with Crippen LogP contribution in [0.15, 0.2) is 42.5 Å². The van der Waals surface area contributed by atoms with E-state index in [4.69, 9.17) is 11.0 Å². The Hall–Kier alpha value is -2.47. The molecule has 90 valence electrons. The first-order valence-electron chi connectivity index (χ1n) is 5.88. The molecule has 18 heavy (non-hydrogen) atoms. The third kappa shape index (κ3) is 2.61. The van der Waals surface area contributed by atoms with Crippen LogP contribution in [-0.2, 0) is 6.42 Å². The number of anilines is 3. The highest BCUT2D eigenvalue weighted by Gasteiger charge is 2.03. The highest BCUT2D eigenvalue weighted by molar-refractivity contribution is 5.69. The van der Waals surface area contributed by atoms with E-state index in [2.05, 4.69) is 30.4 Å². The summed E-state index contributed by atoms with van der Waals surface area (Å²) < 4.78 is 0. The topological polar surface area (TPSA) is 61.8 Å². The van der Waals surface area contributed by atoms with Crippen LogP contribution in [0.3, 0.4) is 0 Å². The molecular formula is C15H15N3. The van der Waals surface area contributed by atoms with Gasteiger partial charge in [0, 0.05) is 11.4 Å². The molecule has 0 radical (unpaired) electrons. The van der Waals surface area contributed by atoms with Gasteiger partial charge in [0.25, 0.3) is 0 Å². The van der Waals surface area contributed by atoms with E-state index in [1.165, 1.54) is 5.56 Å². The van der Waals surface area contributed by atoms with Crippen molar-refractivity contribution in [3.05, 3.63) is 53.6 Å². The minimum Gasteiger partial charge on any atom is -0.399 e. The fourth-order valence-electron chi connectivity index (χ4n) is 1.79. The minimum absolute atomic E-state index is 0.553. The molecule has 3 heteroatoms. The summed E-state index contributed by atoms with van der Waals surface area (Å²) in [5.74, 6) is 0. The molecule has 2 aromatic rings. The third-order valence-electron chi connectivity index (χ3n) is 2.78. The van der Waals surface area contributed by atoms with Crippen molar-refractivity contribution in [3.8, 4) is 6.07 Å². The molecule has 0 aliphatic carbocycles. The molecule has 2 rings (SSSR count). The lowest BCUT2D eigenvalue weighted by Gasteiger charge is -2.09. The molecule has 0 aromatic heterocycles. The third-order valence-corrected chi connectivity index (χ3v) is 2.78. The first-order chi connectivity index (χ1) is 8.72. The predicted molar refractivity (Wildman–Crippen MR) is 74.7 cm³/mol. The zero-order valence-corrected chi connectivity index (χ0v) is 10.3. The molecule has 0 spiro atoms. The summed E-state index contributed by atoms with van der Waals surface area (Å²) in [6.07, 6.45) is 0.988. The van der Waals surface area contributed by atoms with Crippen LogP contribution >= 0.6 is 0 Å². The van der Waals surface area contributed by atoms with Crippen LogP contribution in [-0.4, -0.2) is 0 Å². The second-order valence-corrected chi connectivity index (χ2v) is 4.10. The van der Waals surface area contributed by atoms with Gasteiger partial charge in [-0.1, -0.05) is 19.1 Å². The number of nitriles is 1. The number of nitrogens with two attached hydrogens (primary N) is 1. The molecular weight excluding hydrogens is 222 g/mol. The SMILES string of the molecule is CCc1cccc(Nc2ccc(N)cc2C#N)c1. The smallest absolute Gasteiger partial charge is 0.101 e. The van der Waals surface area contributed by atoms with Gasteiger partial charge in [0.05, 0.1) is 11.3 Å². The molecule has 0 amide bonds. The number of hydrogen-bond donors (Lipinski definition) is 2. The highest BCUT2D eigenvalue weighted by Crippen LogP contribution is 2.23. The summed E-state index contributed by atoms with van der Waals surface area (Å²) >= 11 is 0. The average molecular weight is 237 g/mol. The summed E-state index contributed by atoms with van der Waals surface area (Å²) in [5.41, 5.74) is 9.83. The predicted octanol–water partition coefficient (Wildman–Crippen LogP) is 3.45. The van der Waals surface area contributed by atoms with Gasteiger partial charge in [-0.25, -0.2) is 0 Å².